The maximum Gasteiger partial charge on any atom is 0.325 e. The van der Waals surface area contributed by atoms with Crippen LogP contribution in [0.25, 0.3) is 10.6 Å². The normalized spacial score (nSPS) is 20.0. The fourth-order valence-electron chi connectivity index (χ4n) is 4.25. The van der Waals surface area contributed by atoms with Crippen LogP contribution in [0.5, 0.6) is 5.75 Å². The van der Waals surface area contributed by atoms with Crippen LogP contribution in [-0.4, -0.2) is 28.9 Å². The number of thiazole rings is 1. The number of methoxy groups -OCH3 is 1. The molecule has 0 radical (unpaired) electrons. The maximum atomic E-state index is 13.3. The summed E-state index contributed by atoms with van der Waals surface area (Å²) in [5.41, 5.74) is 2.61. The van der Waals surface area contributed by atoms with Gasteiger partial charge in [-0.15, -0.1) is 11.3 Å². The van der Waals surface area contributed by atoms with Crippen LogP contribution in [0.1, 0.15) is 23.2 Å². The van der Waals surface area contributed by atoms with Crippen molar-refractivity contribution in [3.63, 3.8) is 0 Å². The van der Waals surface area contributed by atoms with E-state index < -0.39 is 5.54 Å². The van der Waals surface area contributed by atoms with Crippen LogP contribution in [0, 0.1) is 0 Å². The Morgan fingerprint density at radius 2 is 2.10 bits per heavy atom. The van der Waals surface area contributed by atoms with E-state index in [1.807, 2.05) is 47.8 Å². The molecule has 1 atom stereocenters. The highest BCUT2D eigenvalue weighted by Crippen LogP contribution is 2.42. The number of ether oxygens (including phenoxy) is 1. The highest BCUT2D eigenvalue weighted by atomic mass is 79.9. The molecule has 1 N–H and O–H groups in total. The van der Waals surface area contributed by atoms with Crippen molar-refractivity contribution >= 4 is 39.2 Å². The van der Waals surface area contributed by atoms with Crippen molar-refractivity contribution in [1.29, 1.82) is 0 Å². The van der Waals surface area contributed by atoms with E-state index >= 15 is 0 Å². The smallest absolute Gasteiger partial charge is 0.325 e. The average Bonchev–Trinajstić information content (AvgIpc) is 3.43. The molecule has 6 nitrogen and oxygen atoms in total. The molecule has 5 rings (SSSR count). The number of imide groups is 1. The number of nitrogens with zero attached hydrogens (tertiary/aromatic N) is 2. The second-order valence-corrected chi connectivity index (χ2v) is 9.15. The zero-order valence-corrected chi connectivity index (χ0v) is 18.5. The van der Waals surface area contributed by atoms with Gasteiger partial charge in [-0.05, 0) is 42.2 Å². The molecular weight excluding hydrogens is 466 g/mol. The van der Waals surface area contributed by atoms with E-state index in [-0.39, 0.29) is 18.5 Å². The van der Waals surface area contributed by atoms with Gasteiger partial charge in [0.2, 0.25) is 0 Å². The van der Waals surface area contributed by atoms with Crippen molar-refractivity contribution in [3.8, 4) is 16.3 Å². The van der Waals surface area contributed by atoms with Gasteiger partial charge in [0.25, 0.3) is 5.91 Å². The number of hydrogen-bond donors (Lipinski definition) is 1. The SMILES string of the molecule is COc1ccc(Br)cc1-c1nc(CN2C(=O)NC3(CCc4ccccc43)C2=O)cs1. The Kier molecular flexibility index (Phi) is 4.63. The largest absolute Gasteiger partial charge is 0.496 e. The summed E-state index contributed by atoms with van der Waals surface area (Å²) in [6.07, 6.45) is 1.37. The van der Waals surface area contributed by atoms with E-state index in [1.54, 1.807) is 7.11 Å². The number of rotatable bonds is 4. The summed E-state index contributed by atoms with van der Waals surface area (Å²) in [5.74, 6) is 0.516. The van der Waals surface area contributed by atoms with Gasteiger partial charge < -0.3 is 10.1 Å². The van der Waals surface area contributed by atoms with Crippen molar-refractivity contribution < 1.29 is 14.3 Å². The summed E-state index contributed by atoms with van der Waals surface area (Å²) < 4.78 is 6.37. The lowest BCUT2D eigenvalue weighted by atomic mass is 9.92. The molecular formula is C22H18BrN3O3S. The minimum Gasteiger partial charge on any atom is -0.496 e. The summed E-state index contributed by atoms with van der Waals surface area (Å²) in [4.78, 5) is 32.0. The number of benzene rings is 2. The van der Waals surface area contributed by atoms with Crippen LogP contribution in [0.4, 0.5) is 4.79 Å². The summed E-state index contributed by atoms with van der Waals surface area (Å²) in [7, 11) is 1.62. The van der Waals surface area contributed by atoms with Crippen LogP contribution >= 0.6 is 27.3 Å². The molecule has 3 aromatic rings. The number of nitrogens with one attached hydrogen (secondary N) is 1. The molecule has 2 heterocycles. The molecule has 3 amide bonds. The number of hydrogen-bond acceptors (Lipinski definition) is 5. The predicted molar refractivity (Wildman–Crippen MR) is 117 cm³/mol. The molecule has 1 aliphatic heterocycles. The molecule has 0 bridgehead atoms. The van der Waals surface area contributed by atoms with Crippen LogP contribution in [0.2, 0.25) is 0 Å². The Morgan fingerprint density at radius 1 is 1.27 bits per heavy atom. The van der Waals surface area contributed by atoms with Gasteiger partial charge in [-0.25, -0.2) is 9.78 Å². The Balaban J connectivity index is 1.42. The second-order valence-electron chi connectivity index (χ2n) is 7.37. The number of carbonyl (C=O) groups excluding carboxylic acids is 2. The number of halogens is 1. The molecule has 1 unspecified atom stereocenters. The highest BCUT2D eigenvalue weighted by Gasteiger charge is 2.55. The van der Waals surface area contributed by atoms with Gasteiger partial charge in [0, 0.05) is 9.85 Å². The first kappa shape index (κ1) is 19.3. The Bertz CT molecular complexity index is 1180. The minimum absolute atomic E-state index is 0.140. The van der Waals surface area contributed by atoms with Crippen molar-refractivity contribution in [1.82, 2.24) is 15.2 Å². The number of carbonyl (C=O) groups is 2. The Labute approximate surface area is 186 Å². The lowest BCUT2D eigenvalue weighted by molar-refractivity contribution is -0.132. The predicted octanol–water partition coefficient (Wildman–Crippen LogP) is 4.47. The zero-order chi connectivity index (χ0) is 20.9. The quantitative estimate of drug-likeness (QED) is 0.555. The molecule has 2 aliphatic rings. The fraction of sp³-hybridized carbons (Fsp3) is 0.227. The van der Waals surface area contributed by atoms with E-state index in [4.69, 9.17) is 4.74 Å². The molecule has 30 heavy (non-hydrogen) atoms. The van der Waals surface area contributed by atoms with Gasteiger partial charge in [-0.2, -0.15) is 0 Å². The number of urea groups is 1. The van der Waals surface area contributed by atoms with E-state index in [0.717, 1.165) is 38.3 Å². The Morgan fingerprint density at radius 3 is 2.93 bits per heavy atom. The molecule has 0 saturated carbocycles. The molecule has 8 heteroatoms. The topological polar surface area (TPSA) is 71.5 Å². The van der Waals surface area contributed by atoms with E-state index in [1.165, 1.54) is 16.2 Å². The van der Waals surface area contributed by atoms with Gasteiger partial charge >= 0.3 is 6.03 Å². The van der Waals surface area contributed by atoms with Crippen LogP contribution < -0.4 is 10.1 Å². The third-order valence-electron chi connectivity index (χ3n) is 5.69. The third kappa shape index (κ3) is 2.94. The minimum atomic E-state index is -0.944. The molecule has 1 aromatic heterocycles. The third-order valence-corrected chi connectivity index (χ3v) is 7.10. The molecule has 1 spiro atoms. The Hall–Kier alpha value is -2.71. The van der Waals surface area contributed by atoms with E-state index in [9.17, 15) is 9.59 Å². The van der Waals surface area contributed by atoms with Crippen molar-refractivity contribution in [2.75, 3.05) is 7.11 Å². The first-order valence-corrected chi connectivity index (χ1v) is 11.2. The monoisotopic (exact) mass is 483 g/mol. The second kappa shape index (κ2) is 7.21. The summed E-state index contributed by atoms with van der Waals surface area (Å²) in [6.45, 7) is 0.140. The lowest BCUT2D eigenvalue weighted by Gasteiger charge is -2.22. The van der Waals surface area contributed by atoms with Crippen LogP contribution in [0.3, 0.4) is 0 Å². The van der Waals surface area contributed by atoms with E-state index in [0.29, 0.717) is 12.1 Å². The molecule has 152 valence electrons. The van der Waals surface area contributed by atoms with Crippen molar-refractivity contribution in [2.24, 2.45) is 0 Å². The first-order chi connectivity index (χ1) is 14.5. The molecule has 2 aromatic carbocycles. The van der Waals surface area contributed by atoms with Crippen LogP contribution in [-0.2, 0) is 23.3 Å². The van der Waals surface area contributed by atoms with E-state index in [2.05, 4.69) is 26.2 Å². The maximum absolute atomic E-state index is 13.3. The molecule has 1 saturated heterocycles. The highest BCUT2D eigenvalue weighted by molar-refractivity contribution is 9.10. The zero-order valence-electron chi connectivity index (χ0n) is 16.1. The van der Waals surface area contributed by atoms with Gasteiger partial charge in [0.05, 0.1) is 24.9 Å². The standard InChI is InChI=1S/C22H18BrN3O3S/c1-29-18-7-6-14(23)10-16(18)19-24-15(12-30-19)11-26-20(27)22(25-21(26)28)9-8-13-4-2-3-5-17(13)22/h2-7,10,12H,8-9,11H2,1H3,(H,25,28). The molecule has 1 fully saturated rings. The van der Waals surface area contributed by atoms with Gasteiger partial charge in [0.1, 0.15) is 16.3 Å². The summed E-state index contributed by atoms with van der Waals surface area (Å²) in [6, 6.07) is 13.2. The first-order valence-electron chi connectivity index (χ1n) is 9.52. The van der Waals surface area contributed by atoms with Gasteiger partial charge in [-0.3, -0.25) is 9.69 Å². The number of aryl methyl sites for hydroxylation is 1. The summed E-state index contributed by atoms with van der Waals surface area (Å²) in [5, 5.41) is 5.61. The molecule has 1 aliphatic carbocycles. The van der Waals surface area contributed by atoms with Crippen LogP contribution in [0.15, 0.2) is 52.3 Å². The number of aromatic nitrogens is 1. The number of fused-ring (bicyclic) bond motifs is 2. The average molecular weight is 484 g/mol. The van der Waals surface area contributed by atoms with Crippen molar-refractivity contribution in [3.05, 3.63) is 69.1 Å². The lowest BCUT2D eigenvalue weighted by Crippen LogP contribution is -2.41. The summed E-state index contributed by atoms with van der Waals surface area (Å²) >= 11 is 4.94. The number of amides is 3. The fourth-order valence-corrected chi connectivity index (χ4v) is 5.44. The van der Waals surface area contributed by atoms with Gasteiger partial charge in [0.15, 0.2) is 0 Å². The van der Waals surface area contributed by atoms with Gasteiger partial charge in [-0.1, -0.05) is 40.2 Å². The van der Waals surface area contributed by atoms with Crippen molar-refractivity contribution in [2.45, 2.75) is 24.9 Å².